The van der Waals surface area contributed by atoms with Gasteiger partial charge in [0.15, 0.2) is 5.78 Å². The standard InChI is InChI=1S/C21H26ClF2NO2/c1-14-4-3-9-21(27,12-14)10-7-18(26)15-13-25(11-8-19(23)24)17-6-2-5-16(22)20(15)17/h2,5-6,13-14,19,27H,3-4,7-12H2,1H3/t14-,21+/m1/s1. The average Bonchev–Trinajstić information content (AvgIpc) is 2.98. The van der Waals surface area contributed by atoms with Crippen LogP contribution < -0.4 is 0 Å². The van der Waals surface area contributed by atoms with Crippen LogP contribution in [0, 0.1) is 5.92 Å². The minimum absolute atomic E-state index is 0.101. The monoisotopic (exact) mass is 397 g/mol. The van der Waals surface area contributed by atoms with Gasteiger partial charge in [-0.2, -0.15) is 0 Å². The predicted molar refractivity (Wildman–Crippen MR) is 104 cm³/mol. The highest BCUT2D eigenvalue weighted by molar-refractivity contribution is 6.37. The lowest BCUT2D eigenvalue weighted by Gasteiger charge is -2.35. The molecule has 0 bridgehead atoms. The van der Waals surface area contributed by atoms with E-state index >= 15 is 0 Å². The molecule has 1 fully saturated rings. The molecule has 1 aliphatic rings. The fourth-order valence-corrected chi connectivity index (χ4v) is 4.55. The summed E-state index contributed by atoms with van der Waals surface area (Å²) in [5.74, 6) is 0.361. The zero-order valence-corrected chi connectivity index (χ0v) is 16.3. The van der Waals surface area contributed by atoms with E-state index in [1.165, 1.54) is 0 Å². The number of halogens is 3. The number of nitrogens with zero attached hydrogens (tertiary/aromatic N) is 1. The van der Waals surface area contributed by atoms with Gasteiger partial charge in [0.2, 0.25) is 6.43 Å². The Bertz CT molecular complexity index is 820. The van der Waals surface area contributed by atoms with Gasteiger partial charge in [0, 0.05) is 36.5 Å². The molecule has 0 spiro atoms. The molecule has 1 aromatic heterocycles. The Kier molecular flexibility index (Phi) is 6.21. The molecule has 1 aliphatic carbocycles. The van der Waals surface area contributed by atoms with Gasteiger partial charge in [-0.05, 0) is 37.3 Å². The van der Waals surface area contributed by atoms with Crippen molar-refractivity contribution in [2.45, 2.75) is 70.4 Å². The summed E-state index contributed by atoms with van der Waals surface area (Å²) < 4.78 is 26.9. The number of hydrogen-bond acceptors (Lipinski definition) is 2. The number of hydrogen-bond donors (Lipinski definition) is 1. The predicted octanol–water partition coefficient (Wildman–Crippen LogP) is 5.85. The third kappa shape index (κ3) is 4.69. The molecule has 2 atom stereocenters. The van der Waals surface area contributed by atoms with Crippen LogP contribution in [0.3, 0.4) is 0 Å². The number of aromatic nitrogens is 1. The first-order chi connectivity index (χ1) is 12.8. The van der Waals surface area contributed by atoms with Crippen LogP contribution in [0.1, 0.15) is 62.2 Å². The first-order valence-corrected chi connectivity index (χ1v) is 9.98. The van der Waals surface area contributed by atoms with Crippen LogP contribution >= 0.6 is 11.6 Å². The third-order valence-corrected chi connectivity index (χ3v) is 5.94. The van der Waals surface area contributed by atoms with Gasteiger partial charge in [-0.1, -0.05) is 37.4 Å². The Balaban J connectivity index is 1.81. The summed E-state index contributed by atoms with van der Waals surface area (Å²) in [4.78, 5) is 12.9. The van der Waals surface area contributed by atoms with Crippen LogP contribution in [0.2, 0.25) is 5.02 Å². The fraction of sp³-hybridized carbons (Fsp3) is 0.571. The Morgan fingerprint density at radius 3 is 2.93 bits per heavy atom. The molecule has 0 unspecified atom stereocenters. The van der Waals surface area contributed by atoms with Gasteiger partial charge in [-0.25, -0.2) is 8.78 Å². The van der Waals surface area contributed by atoms with Crippen molar-refractivity contribution < 1.29 is 18.7 Å². The maximum absolute atomic E-state index is 12.9. The summed E-state index contributed by atoms with van der Waals surface area (Å²) in [6, 6.07) is 5.25. The number of aliphatic hydroxyl groups is 1. The number of aryl methyl sites for hydroxylation is 1. The molecule has 1 aromatic carbocycles. The molecule has 0 amide bonds. The number of Topliss-reactive ketones (excluding diaryl/α,β-unsaturated/α-hetero) is 1. The van der Waals surface area contributed by atoms with E-state index in [0.717, 1.165) is 25.7 Å². The summed E-state index contributed by atoms with van der Waals surface area (Å²) in [7, 11) is 0. The second-order valence-electron chi connectivity index (χ2n) is 7.90. The number of alkyl halides is 2. The molecule has 1 heterocycles. The highest BCUT2D eigenvalue weighted by Gasteiger charge is 2.33. The summed E-state index contributed by atoms with van der Waals surface area (Å²) >= 11 is 6.31. The first-order valence-electron chi connectivity index (χ1n) is 9.60. The van der Waals surface area contributed by atoms with E-state index in [1.54, 1.807) is 29.0 Å². The summed E-state index contributed by atoms with van der Waals surface area (Å²) in [5, 5.41) is 11.8. The molecule has 0 aliphatic heterocycles. The largest absolute Gasteiger partial charge is 0.390 e. The Morgan fingerprint density at radius 1 is 1.44 bits per heavy atom. The molecule has 0 saturated heterocycles. The molecule has 2 aromatic rings. The SMILES string of the molecule is C[C@@H]1CCC[C@](O)(CCC(=O)c2cn(CCC(F)F)c3cccc(Cl)c23)C1. The van der Waals surface area contributed by atoms with E-state index in [-0.39, 0.29) is 25.2 Å². The second-order valence-corrected chi connectivity index (χ2v) is 8.31. The quantitative estimate of drug-likeness (QED) is 0.595. The molecule has 3 rings (SSSR count). The smallest absolute Gasteiger partial charge is 0.240 e. The lowest BCUT2D eigenvalue weighted by molar-refractivity contribution is -0.0204. The van der Waals surface area contributed by atoms with E-state index in [0.29, 0.717) is 33.8 Å². The van der Waals surface area contributed by atoms with E-state index < -0.39 is 12.0 Å². The Labute approximate surface area is 163 Å². The van der Waals surface area contributed by atoms with Gasteiger partial charge < -0.3 is 9.67 Å². The molecule has 3 nitrogen and oxygen atoms in total. The van der Waals surface area contributed by atoms with Crippen molar-refractivity contribution in [1.82, 2.24) is 4.57 Å². The van der Waals surface area contributed by atoms with Gasteiger partial charge in [0.05, 0.1) is 16.1 Å². The molecular weight excluding hydrogens is 372 g/mol. The number of benzene rings is 1. The third-order valence-electron chi connectivity index (χ3n) is 5.63. The van der Waals surface area contributed by atoms with Gasteiger partial charge >= 0.3 is 0 Å². The van der Waals surface area contributed by atoms with Crippen LogP contribution in [0.4, 0.5) is 8.78 Å². The molecule has 148 valence electrons. The maximum atomic E-state index is 12.9. The lowest BCUT2D eigenvalue weighted by atomic mass is 9.76. The minimum Gasteiger partial charge on any atom is -0.390 e. The average molecular weight is 398 g/mol. The normalized spacial score (nSPS) is 23.3. The summed E-state index contributed by atoms with van der Waals surface area (Å²) in [6.07, 6.45) is 3.14. The van der Waals surface area contributed by atoms with Crippen molar-refractivity contribution in [2.24, 2.45) is 5.92 Å². The van der Waals surface area contributed by atoms with Gasteiger partial charge in [-0.3, -0.25) is 4.79 Å². The highest BCUT2D eigenvalue weighted by atomic mass is 35.5. The van der Waals surface area contributed by atoms with Crippen molar-refractivity contribution in [3.05, 3.63) is 35.0 Å². The van der Waals surface area contributed by atoms with E-state index in [4.69, 9.17) is 11.6 Å². The van der Waals surface area contributed by atoms with Crippen molar-refractivity contribution in [1.29, 1.82) is 0 Å². The van der Waals surface area contributed by atoms with Gasteiger partial charge in [-0.15, -0.1) is 0 Å². The van der Waals surface area contributed by atoms with Crippen molar-refractivity contribution in [3.63, 3.8) is 0 Å². The Hall–Kier alpha value is -1.46. The molecule has 6 heteroatoms. The molecule has 0 radical (unpaired) electrons. The minimum atomic E-state index is -2.40. The van der Waals surface area contributed by atoms with Crippen LogP contribution in [0.15, 0.2) is 24.4 Å². The van der Waals surface area contributed by atoms with Crippen LogP contribution in [-0.2, 0) is 6.54 Å². The number of ketones is 1. The van der Waals surface area contributed by atoms with E-state index in [1.807, 2.05) is 0 Å². The van der Waals surface area contributed by atoms with Crippen molar-refractivity contribution >= 4 is 28.3 Å². The summed E-state index contributed by atoms with van der Waals surface area (Å²) in [5.41, 5.74) is 0.361. The fourth-order valence-electron chi connectivity index (χ4n) is 4.28. The van der Waals surface area contributed by atoms with Gasteiger partial charge in [0.25, 0.3) is 0 Å². The second kappa shape index (κ2) is 8.27. The maximum Gasteiger partial charge on any atom is 0.240 e. The van der Waals surface area contributed by atoms with Crippen LogP contribution in [0.5, 0.6) is 0 Å². The zero-order valence-electron chi connectivity index (χ0n) is 15.6. The molecule has 27 heavy (non-hydrogen) atoms. The Morgan fingerprint density at radius 2 is 2.22 bits per heavy atom. The number of carbonyl (C=O) groups is 1. The molecule has 1 N–H and O–H groups in total. The highest BCUT2D eigenvalue weighted by Crippen LogP contribution is 2.36. The number of fused-ring (bicyclic) bond motifs is 1. The first kappa shape index (κ1) is 20.3. The molecular formula is C21H26ClF2NO2. The van der Waals surface area contributed by atoms with Crippen LogP contribution in [0.25, 0.3) is 10.9 Å². The van der Waals surface area contributed by atoms with Crippen LogP contribution in [-0.4, -0.2) is 27.5 Å². The van der Waals surface area contributed by atoms with Gasteiger partial charge in [0.1, 0.15) is 0 Å². The van der Waals surface area contributed by atoms with Crippen molar-refractivity contribution in [2.75, 3.05) is 0 Å². The van der Waals surface area contributed by atoms with E-state index in [9.17, 15) is 18.7 Å². The lowest BCUT2D eigenvalue weighted by Crippen LogP contribution is -2.35. The van der Waals surface area contributed by atoms with Crippen molar-refractivity contribution in [3.8, 4) is 0 Å². The number of carbonyl (C=O) groups excluding carboxylic acids is 1. The topological polar surface area (TPSA) is 42.2 Å². The zero-order chi connectivity index (χ0) is 19.6. The molecule has 1 saturated carbocycles. The van der Waals surface area contributed by atoms with E-state index in [2.05, 4.69) is 6.92 Å². The summed E-state index contributed by atoms with van der Waals surface area (Å²) in [6.45, 7) is 2.26. The number of rotatable bonds is 7.